The molecule has 202 valence electrons. The average Bonchev–Trinajstić information content (AvgIpc) is 3.22. The number of aromatic nitrogens is 1. The van der Waals surface area contributed by atoms with Gasteiger partial charge >= 0.3 is 0 Å². The van der Waals surface area contributed by atoms with Crippen LogP contribution in [0.4, 0.5) is 0 Å². The van der Waals surface area contributed by atoms with E-state index in [4.69, 9.17) is 9.15 Å². The van der Waals surface area contributed by atoms with Crippen LogP contribution in [0.5, 0.6) is 0 Å². The summed E-state index contributed by atoms with van der Waals surface area (Å²) in [6.45, 7) is 8.11. The molecule has 1 fully saturated rings. The number of ether oxygens (including phenoxy) is 1. The maximum Gasteiger partial charge on any atom is 0.280 e. The van der Waals surface area contributed by atoms with Crippen LogP contribution in [0.25, 0.3) is 0 Å². The molecule has 14 heteroatoms. The van der Waals surface area contributed by atoms with Gasteiger partial charge < -0.3 is 25.1 Å². The third-order valence-corrected chi connectivity index (χ3v) is 7.76. The first-order chi connectivity index (χ1) is 17.0. The van der Waals surface area contributed by atoms with E-state index >= 15 is 0 Å². The quantitative estimate of drug-likeness (QED) is 0.414. The predicted octanol–water partition coefficient (Wildman–Crippen LogP) is -0.250. The number of rotatable bonds is 4. The number of oxazole rings is 1. The van der Waals surface area contributed by atoms with Crippen LogP contribution in [0.15, 0.2) is 4.42 Å². The molecular formula is C22H36N6O7S. The fourth-order valence-electron chi connectivity index (χ4n) is 3.98. The van der Waals surface area contributed by atoms with Crippen molar-refractivity contribution in [3.8, 4) is 0 Å². The molecule has 4 N–H and O–H groups in total. The number of morpholine rings is 1. The lowest BCUT2D eigenvalue weighted by atomic mass is 10.0. The monoisotopic (exact) mass is 528 g/mol. The number of amides is 3. The number of hydrogen-bond donors (Lipinski definition) is 4. The molecule has 0 unspecified atom stereocenters. The number of hydrogen-bond acceptors (Lipinski definition) is 8. The number of nitrogens with one attached hydrogen (secondary N) is 4. The molecule has 0 saturated carbocycles. The Balaban J connectivity index is 1.89. The molecule has 1 aromatic rings. The average molecular weight is 529 g/mol. The molecule has 3 heterocycles. The topological polar surface area (TPSA) is 172 Å². The van der Waals surface area contributed by atoms with Crippen molar-refractivity contribution in [2.45, 2.75) is 65.1 Å². The highest BCUT2D eigenvalue weighted by Gasteiger charge is 2.34. The molecular weight excluding hydrogens is 492 g/mol. The van der Waals surface area contributed by atoms with Gasteiger partial charge in [-0.1, -0.05) is 13.8 Å². The van der Waals surface area contributed by atoms with Crippen LogP contribution >= 0.6 is 0 Å². The molecule has 36 heavy (non-hydrogen) atoms. The fourth-order valence-corrected chi connectivity index (χ4v) is 5.34. The zero-order chi connectivity index (χ0) is 26.5. The minimum absolute atomic E-state index is 0.0150. The Hall–Kier alpha value is -2.55. The number of aryl methyl sites for hydroxylation is 1. The van der Waals surface area contributed by atoms with E-state index in [1.54, 1.807) is 13.8 Å². The van der Waals surface area contributed by atoms with Crippen LogP contribution in [0.1, 0.15) is 68.2 Å². The maximum absolute atomic E-state index is 13.3. The van der Waals surface area contributed by atoms with Crippen molar-refractivity contribution in [3.05, 3.63) is 17.3 Å². The van der Waals surface area contributed by atoms with Gasteiger partial charge in [-0.2, -0.15) is 17.4 Å². The highest BCUT2D eigenvalue weighted by molar-refractivity contribution is 7.87. The van der Waals surface area contributed by atoms with Crippen molar-refractivity contribution in [2.75, 3.05) is 32.8 Å². The number of nitrogens with zero attached hydrogens (tertiary/aromatic N) is 2. The normalized spacial score (nSPS) is 25.8. The van der Waals surface area contributed by atoms with Crippen LogP contribution in [-0.4, -0.2) is 80.4 Å². The molecule has 0 aromatic carbocycles. The summed E-state index contributed by atoms with van der Waals surface area (Å²) in [5.41, 5.74) is 0.0150. The van der Waals surface area contributed by atoms with Crippen LogP contribution < -0.4 is 20.7 Å². The van der Waals surface area contributed by atoms with E-state index in [1.807, 2.05) is 13.8 Å². The third-order valence-electron chi connectivity index (χ3n) is 6.14. The summed E-state index contributed by atoms with van der Waals surface area (Å²) in [6.07, 6.45) is 1.21. The molecule has 0 spiro atoms. The molecule has 3 atom stereocenters. The summed E-state index contributed by atoms with van der Waals surface area (Å²) in [5, 5.41) is 8.21. The SMILES string of the molecule is Cc1oc2nc1C(=O)N[C@H](C)C(=O)NCCCC[C@H](NS(=O)(=O)N1CCOCC1)C(=O)N[C@H]2C(C)C. The van der Waals surface area contributed by atoms with E-state index in [1.165, 1.54) is 4.31 Å². The second-order valence-electron chi connectivity index (χ2n) is 9.36. The van der Waals surface area contributed by atoms with Gasteiger partial charge in [0.2, 0.25) is 17.7 Å². The molecule has 3 amide bonds. The molecule has 2 bridgehead atoms. The van der Waals surface area contributed by atoms with Crippen molar-refractivity contribution in [3.63, 3.8) is 0 Å². The Kier molecular flexibility index (Phi) is 9.44. The summed E-state index contributed by atoms with van der Waals surface area (Å²) in [7, 11) is -3.94. The van der Waals surface area contributed by atoms with Gasteiger partial charge in [0.1, 0.15) is 23.9 Å². The lowest BCUT2D eigenvalue weighted by molar-refractivity contribution is -0.124. The van der Waals surface area contributed by atoms with Gasteiger partial charge in [-0.05, 0) is 39.0 Å². The largest absolute Gasteiger partial charge is 0.443 e. The zero-order valence-corrected chi connectivity index (χ0v) is 21.9. The first-order valence-electron chi connectivity index (χ1n) is 12.2. The first kappa shape index (κ1) is 28.0. The Morgan fingerprint density at radius 3 is 2.44 bits per heavy atom. The van der Waals surface area contributed by atoms with E-state index in [9.17, 15) is 22.8 Å². The van der Waals surface area contributed by atoms with Crippen LogP contribution in [0.3, 0.4) is 0 Å². The van der Waals surface area contributed by atoms with Crippen LogP contribution in [0, 0.1) is 12.8 Å². The van der Waals surface area contributed by atoms with Crippen molar-refractivity contribution >= 4 is 27.9 Å². The van der Waals surface area contributed by atoms with Crippen molar-refractivity contribution in [1.82, 2.24) is 30.0 Å². The Bertz CT molecular complexity index is 1050. The standard InChI is InChI=1S/C22H36N6O7S/c1-13(2)17-22-26-18(15(4)35-22)21(31)24-14(3)19(29)23-8-6-5-7-16(20(30)25-17)27-36(32,33)28-9-11-34-12-10-28/h13-14,16-17,27H,5-12H2,1-4H3,(H,23,29)(H,24,31)(H,25,30)/t14-,16+,17+/m1/s1. The van der Waals surface area contributed by atoms with Gasteiger partial charge in [0.15, 0.2) is 5.69 Å². The number of carbonyl (C=O) groups is 3. The Morgan fingerprint density at radius 2 is 1.78 bits per heavy atom. The van der Waals surface area contributed by atoms with Gasteiger partial charge in [-0.15, -0.1) is 0 Å². The first-order valence-corrected chi connectivity index (χ1v) is 13.6. The second-order valence-corrected chi connectivity index (χ2v) is 11.1. The van der Waals surface area contributed by atoms with E-state index in [-0.39, 0.29) is 61.9 Å². The summed E-state index contributed by atoms with van der Waals surface area (Å²) in [4.78, 5) is 42.7. The number of carbonyl (C=O) groups excluding carboxylic acids is 3. The minimum atomic E-state index is -3.94. The molecule has 2 aliphatic rings. The van der Waals surface area contributed by atoms with Crippen molar-refractivity contribution in [1.29, 1.82) is 0 Å². The molecule has 0 radical (unpaired) electrons. The van der Waals surface area contributed by atoms with E-state index < -0.39 is 40.1 Å². The van der Waals surface area contributed by atoms with E-state index in [0.29, 0.717) is 19.4 Å². The van der Waals surface area contributed by atoms with Crippen molar-refractivity contribution in [2.24, 2.45) is 5.92 Å². The van der Waals surface area contributed by atoms with Gasteiger partial charge in [0.05, 0.1) is 13.2 Å². The smallest absolute Gasteiger partial charge is 0.280 e. The minimum Gasteiger partial charge on any atom is -0.443 e. The molecule has 3 rings (SSSR count). The molecule has 2 aliphatic heterocycles. The summed E-state index contributed by atoms with van der Waals surface area (Å²) >= 11 is 0. The third kappa shape index (κ3) is 7.02. The zero-order valence-electron chi connectivity index (χ0n) is 21.1. The predicted molar refractivity (Wildman–Crippen MR) is 129 cm³/mol. The highest BCUT2D eigenvalue weighted by atomic mass is 32.2. The maximum atomic E-state index is 13.3. The van der Waals surface area contributed by atoms with Crippen molar-refractivity contribution < 1.29 is 32.0 Å². The fraction of sp³-hybridized carbons (Fsp3) is 0.727. The van der Waals surface area contributed by atoms with Gasteiger partial charge in [0.25, 0.3) is 16.1 Å². The van der Waals surface area contributed by atoms with Gasteiger partial charge in [-0.3, -0.25) is 14.4 Å². The second kappa shape index (κ2) is 12.1. The Morgan fingerprint density at radius 1 is 1.08 bits per heavy atom. The number of fused-ring (bicyclic) bond motifs is 2. The van der Waals surface area contributed by atoms with Gasteiger partial charge in [0, 0.05) is 19.6 Å². The molecule has 1 aromatic heterocycles. The lowest BCUT2D eigenvalue weighted by Gasteiger charge is -2.29. The molecule has 1 saturated heterocycles. The molecule has 0 aliphatic carbocycles. The Labute approximate surface area is 211 Å². The summed E-state index contributed by atoms with van der Waals surface area (Å²) < 4.78 is 40.7. The van der Waals surface area contributed by atoms with E-state index in [2.05, 4.69) is 25.7 Å². The molecule has 13 nitrogen and oxygen atoms in total. The lowest BCUT2D eigenvalue weighted by Crippen LogP contribution is -2.54. The summed E-state index contributed by atoms with van der Waals surface area (Å²) in [6, 6.07) is -2.55. The van der Waals surface area contributed by atoms with Crippen LogP contribution in [0.2, 0.25) is 0 Å². The highest BCUT2D eigenvalue weighted by Crippen LogP contribution is 2.24. The van der Waals surface area contributed by atoms with Gasteiger partial charge in [-0.25, -0.2) is 4.98 Å². The summed E-state index contributed by atoms with van der Waals surface area (Å²) in [5.74, 6) is -1.27. The van der Waals surface area contributed by atoms with Crippen LogP contribution in [-0.2, 0) is 24.5 Å². The van der Waals surface area contributed by atoms with E-state index in [0.717, 1.165) is 0 Å².